The Labute approximate surface area is 72.0 Å². The first kappa shape index (κ1) is 10.5. The van der Waals surface area contributed by atoms with E-state index in [1.54, 1.807) is 13.0 Å². The molecule has 0 bridgehead atoms. The van der Waals surface area contributed by atoms with Gasteiger partial charge < -0.3 is 4.74 Å². The zero-order chi connectivity index (χ0) is 9.40. The molecule has 0 atom stereocenters. The number of hydrogen-bond acceptors (Lipinski definition) is 4. The molecule has 0 rings (SSSR count). The molecule has 0 aliphatic heterocycles. The molecule has 0 unspecified atom stereocenters. The third-order valence-corrected chi connectivity index (χ3v) is 1.12. The Morgan fingerprint density at radius 2 is 2.50 bits per heavy atom. The van der Waals surface area contributed by atoms with Gasteiger partial charge in [0.15, 0.2) is 6.19 Å². The third kappa shape index (κ3) is 4.34. The van der Waals surface area contributed by atoms with Crippen LogP contribution in [0.25, 0.3) is 0 Å². The number of carbonyl (C=O) groups is 1. The highest BCUT2D eigenvalue weighted by molar-refractivity contribution is 5.71. The monoisotopic (exact) mass is 168 g/mol. The Morgan fingerprint density at radius 1 is 1.83 bits per heavy atom. The smallest absolute Gasteiger partial charge is 0.326 e. The maximum absolute atomic E-state index is 10.8. The van der Waals surface area contributed by atoms with Crippen molar-refractivity contribution < 1.29 is 9.53 Å². The van der Waals surface area contributed by atoms with Crippen molar-refractivity contribution >= 4 is 5.97 Å². The SMILES string of the molecule is C=CCN(C#N)CC(=O)OCC. The fraction of sp³-hybridized carbons (Fsp3) is 0.500. The van der Waals surface area contributed by atoms with Crippen LogP contribution >= 0.6 is 0 Å². The molecule has 4 heteroatoms. The average Bonchev–Trinajstić information content (AvgIpc) is 2.04. The Kier molecular flexibility index (Phi) is 5.45. The van der Waals surface area contributed by atoms with E-state index in [0.29, 0.717) is 13.2 Å². The Bertz CT molecular complexity index is 196. The van der Waals surface area contributed by atoms with Crippen molar-refractivity contribution in [3.8, 4) is 6.19 Å². The van der Waals surface area contributed by atoms with Gasteiger partial charge >= 0.3 is 5.97 Å². The van der Waals surface area contributed by atoms with Crippen LogP contribution in [0.15, 0.2) is 12.7 Å². The third-order valence-electron chi connectivity index (χ3n) is 1.12. The first-order valence-electron chi connectivity index (χ1n) is 3.65. The summed E-state index contributed by atoms with van der Waals surface area (Å²) in [5.41, 5.74) is 0. The summed E-state index contributed by atoms with van der Waals surface area (Å²) in [4.78, 5) is 12.1. The van der Waals surface area contributed by atoms with E-state index >= 15 is 0 Å². The average molecular weight is 168 g/mol. The molecule has 0 aromatic carbocycles. The summed E-state index contributed by atoms with van der Waals surface area (Å²) in [6.07, 6.45) is 3.41. The van der Waals surface area contributed by atoms with Gasteiger partial charge in [0, 0.05) is 6.54 Å². The standard InChI is InChI=1S/C8H12N2O2/c1-3-5-10(7-9)6-8(11)12-4-2/h3H,1,4-6H2,2H3. The maximum atomic E-state index is 10.8. The summed E-state index contributed by atoms with van der Waals surface area (Å²) in [6.45, 7) is 5.89. The molecule has 0 N–H and O–H groups in total. The lowest BCUT2D eigenvalue weighted by Gasteiger charge is -2.10. The number of nitriles is 1. The molecule has 66 valence electrons. The molecule has 0 fully saturated rings. The van der Waals surface area contributed by atoms with Gasteiger partial charge in [0.25, 0.3) is 0 Å². The van der Waals surface area contributed by atoms with Gasteiger partial charge in [-0.15, -0.1) is 6.58 Å². The topological polar surface area (TPSA) is 53.3 Å². The quantitative estimate of drug-likeness (QED) is 0.260. The number of rotatable bonds is 5. The van der Waals surface area contributed by atoms with Gasteiger partial charge in [0.2, 0.25) is 0 Å². The van der Waals surface area contributed by atoms with Crippen molar-refractivity contribution in [2.75, 3.05) is 19.7 Å². The molecule has 0 radical (unpaired) electrons. The van der Waals surface area contributed by atoms with Gasteiger partial charge in [-0.3, -0.25) is 9.69 Å². The van der Waals surface area contributed by atoms with Crippen LogP contribution in [-0.2, 0) is 9.53 Å². The minimum atomic E-state index is -0.388. The van der Waals surface area contributed by atoms with Gasteiger partial charge in [-0.1, -0.05) is 6.08 Å². The lowest BCUT2D eigenvalue weighted by Crippen LogP contribution is -2.26. The van der Waals surface area contributed by atoms with Crippen molar-refractivity contribution in [3.05, 3.63) is 12.7 Å². The molecule has 0 spiro atoms. The van der Waals surface area contributed by atoms with Crippen LogP contribution in [0.5, 0.6) is 0 Å². The van der Waals surface area contributed by atoms with Crippen LogP contribution in [-0.4, -0.2) is 30.6 Å². The van der Waals surface area contributed by atoms with Gasteiger partial charge in [-0.2, -0.15) is 5.26 Å². The Morgan fingerprint density at radius 3 is 2.92 bits per heavy atom. The molecule has 0 heterocycles. The first-order valence-corrected chi connectivity index (χ1v) is 3.65. The molecule has 0 saturated carbocycles. The van der Waals surface area contributed by atoms with E-state index < -0.39 is 0 Å². The first-order chi connectivity index (χ1) is 5.74. The molecule has 0 saturated heterocycles. The lowest BCUT2D eigenvalue weighted by atomic mass is 10.5. The fourth-order valence-corrected chi connectivity index (χ4v) is 0.659. The van der Waals surface area contributed by atoms with E-state index in [-0.39, 0.29) is 12.5 Å². The number of esters is 1. The van der Waals surface area contributed by atoms with Gasteiger partial charge in [-0.05, 0) is 6.92 Å². The highest BCUT2D eigenvalue weighted by atomic mass is 16.5. The second-order valence-electron chi connectivity index (χ2n) is 2.07. The number of carbonyl (C=O) groups excluding carboxylic acids is 1. The van der Waals surface area contributed by atoms with E-state index in [1.165, 1.54) is 4.90 Å². The Hall–Kier alpha value is -1.50. The summed E-state index contributed by atoms with van der Waals surface area (Å²) in [5.74, 6) is -0.388. The molecule has 12 heavy (non-hydrogen) atoms. The minimum absolute atomic E-state index is 0.00361. The normalized spacial score (nSPS) is 8.33. The number of ether oxygens (including phenoxy) is 1. The summed E-state index contributed by atoms with van der Waals surface area (Å²) in [5, 5.41) is 8.49. The van der Waals surface area contributed by atoms with Crippen LogP contribution in [0.4, 0.5) is 0 Å². The summed E-state index contributed by atoms with van der Waals surface area (Å²) in [6, 6.07) is 0. The predicted octanol–water partition coefficient (Wildman–Crippen LogP) is 0.519. The van der Waals surface area contributed by atoms with Crippen molar-refractivity contribution in [2.24, 2.45) is 0 Å². The molecular formula is C8H12N2O2. The number of nitrogens with zero attached hydrogens (tertiary/aromatic N) is 2. The van der Waals surface area contributed by atoms with Crippen molar-refractivity contribution in [1.82, 2.24) is 4.90 Å². The summed E-state index contributed by atoms with van der Waals surface area (Å²) >= 11 is 0. The van der Waals surface area contributed by atoms with E-state index in [9.17, 15) is 4.79 Å². The fourth-order valence-electron chi connectivity index (χ4n) is 0.659. The largest absolute Gasteiger partial charge is 0.465 e. The number of hydrogen-bond donors (Lipinski definition) is 0. The van der Waals surface area contributed by atoms with E-state index in [4.69, 9.17) is 5.26 Å². The van der Waals surface area contributed by atoms with Crippen molar-refractivity contribution in [2.45, 2.75) is 6.92 Å². The van der Waals surface area contributed by atoms with E-state index in [1.807, 2.05) is 6.19 Å². The summed E-state index contributed by atoms with van der Waals surface area (Å²) in [7, 11) is 0. The zero-order valence-electron chi connectivity index (χ0n) is 7.12. The predicted molar refractivity (Wildman–Crippen MR) is 44.0 cm³/mol. The minimum Gasteiger partial charge on any atom is -0.465 e. The van der Waals surface area contributed by atoms with Crippen LogP contribution in [0.3, 0.4) is 0 Å². The molecular weight excluding hydrogens is 156 g/mol. The molecule has 0 amide bonds. The second-order valence-corrected chi connectivity index (χ2v) is 2.07. The molecule has 0 aliphatic carbocycles. The highest BCUT2D eigenvalue weighted by Crippen LogP contribution is 1.87. The van der Waals surface area contributed by atoms with E-state index in [0.717, 1.165) is 0 Å². The molecule has 0 aromatic rings. The van der Waals surface area contributed by atoms with Gasteiger partial charge in [-0.25, -0.2) is 0 Å². The molecule has 0 aliphatic rings. The van der Waals surface area contributed by atoms with Crippen LogP contribution < -0.4 is 0 Å². The zero-order valence-corrected chi connectivity index (χ0v) is 7.12. The lowest BCUT2D eigenvalue weighted by molar-refractivity contribution is -0.143. The van der Waals surface area contributed by atoms with Gasteiger partial charge in [0.05, 0.1) is 6.61 Å². The van der Waals surface area contributed by atoms with E-state index in [2.05, 4.69) is 11.3 Å². The van der Waals surface area contributed by atoms with Crippen LogP contribution in [0.1, 0.15) is 6.92 Å². The van der Waals surface area contributed by atoms with Crippen LogP contribution in [0.2, 0.25) is 0 Å². The van der Waals surface area contributed by atoms with Crippen molar-refractivity contribution in [3.63, 3.8) is 0 Å². The highest BCUT2D eigenvalue weighted by Gasteiger charge is 2.06. The maximum Gasteiger partial charge on any atom is 0.326 e. The van der Waals surface area contributed by atoms with Crippen LogP contribution in [0, 0.1) is 11.5 Å². The molecule has 4 nitrogen and oxygen atoms in total. The van der Waals surface area contributed by atoms with Crippen molar-refractivity contribution in [1.29, 1.82) is 5.26 Å². The molecule has 0 aromatic heterocycles. The second kappa shape index (κ2) is 6.23. The van der Waals surface area contributed by atoms with Gasteiger partial charge in [0.1, 0.15) is 6.54 Å². The summed E-state index contributed by atoms with van der Waals surface area (Å²) < 4.78 is 4.65. The Balaban J connectivity index is 3.78.